The van der Waals surface area contributed by atoms with Gasteiger partial charge in [-0.05, 0) is 25.0 Å². The van der Waals surface area contributed by atoms with Gasteiger partial charge < -0.3 is 9.88 Å². The molecule has 1 aliphatic heterocycles. The molecule has 3 aromatic rings. The molecule has 0 aliphatic carbocycles. The van der Waals surface area contributed by atoms with E-state index in [0.717, 1.165) is 30.8 Å². The van der Waals surface area contributed by atoms with E-state index in [9.17, 15) is 4.79 Å². The molecule has 0 saturated carbocycles. The molecule has 1 amide bonds. The zero-order valence-corrected chi connectivity index (χ0v) is 12.6. The van der Waals surface area contributed by atoms with Crippen molar-refractivity contribution in [2.24, 2.45) is 0 Å². The maximum absolute atomic E-state index is 12.6. The van der Waals surface area contributed by atoms with Crippen molar-refractivity contribution in [2.45, 2.75) is 18.9 Å². The monoisotopic (exact) mass is 307 g/mol. The van der Waals surface area contributed by atoms with Crippen LogP contribution in [0.4, 0.5) is 0 Å². The number of rotatable bonds is 3. The van der Waals surface area contributed by atoms with Gasteiger partial charge >= 0.3 is 0 Å². The Morgan fingerprint density at radius 2 is 2.04 bits per heavy atom. The zero-order valence-electron chi connectivity index (χ0n) is 12.6. The summed E-state index contributed by atoms with van der Waals surface area (Å²) in [6.45, 7) is 0.740. The lowest BCUT2D eigenvalue weighted by Gasteiger charge is -2.22. The van der Waals surface area contributed by atoms with Crippen molar-refractivity contribution >= 4 is 5.91 Å². The number of carbonyl (C=O) groups is 1. The van der Waals surface area contributed by atoms with Crippen LogP contribution in [-0.4, -0.2) is 37.5 Å². The number of H-pyrrole nitrogens is 2. The molecule has 4 rings (SSSR count). The summed E-state index contributed by atoms with van der Waals surface area (Å²) in [6, 6.07) is 13.4. The number of nitrogens with zero attached hydrogens (tertiary/aromatic N) is 3. The second-order valence-corrected chi connectivity index (χ2v) is 5.65. The van der Waals surface area contributed by atoms with Gasteiger partial charge in [0.1, 0.15) is 11.5 Å². The van der Waals surface area contributed by atoms with Crippen LogP contribution in [0.1, 0.15) is 35.2 Å². The fourth-order valence-electron chi connectivity index (χ4n) is 3.05. The van der Waals surface area contributed by atoms with Crippen molar-refractivity contribution in [2.75, 3.05) is 6.54 Å². The summed E-state index contributed by atoms with van der Waals surface area (Å²) >= 11 is 0. The van der Waals surface area contributed by atoms with Gasteiger partial charge in [0.2, 0.25) is 0 Å². The van der Waals surface area contributed by atoms with E-state index >= 15 is 0 Å². The van der Waals surface area contributed by atoms with Gasteiger partial charge in [0, 0.05) is 18.3 Å². The number of carbonyl (C=O) groups excluding carboxylic acids is 1. The fourth-order valence-corrected chi connectivity index (χ4v) is 3.05. The molecular formula is C17H17N5O. The maximum Gasteiger partial charge on any atom is 0.270 e. The van der Waals surface area contributed by atoms with Crippen LogP contribution >= 0.6 is 0 Å². The lowest BCUT2D eigenvalue weighted by molar-refractivity contribution is 0.0725. The van der Waals surface area contributed by atoms with Crippen molar-refractivity contribution in [3.05, 3.63) is 60.2 Å². The Labute approximate surface area is 133 Å². The van der Waals surface area contributed by atoms with Crippen molar-refractivity contribution in [1.29, 1.82) is 0 Å². The summed E-state index contributed by atoms with van der Waals surface area (Å²) in [5.41, 5.74) is 1.58. The molecule has 0 bridgehead atoms. The molecule has 1 atom stereocenters. The van der Waals surface area contributed by atoms with E-state index in [1.165, 1.54) is 0 Å². The molecule has 1 saturated heterocycles. The topological polar surface area (TPSA) is 77.7 Å². The first-order valence-electron chi connectivity index (χ1n) is 7.75. The summed E-state index contributed by atoms with van der Waals surface area (Å²) in [4.78, 5) is 22.0. The number of aromatic nitrogens is 4. The van der Waals surface area contributed by atoms with Gasteiger partial charge in [0.15, 0.2) is 5.82 Å². The predicted octanol–water partition coefficient (Wildman–Crippen LogP) is 2.78. The minimum absolute atomic E-state index is 0.00941. The molecule has 23 heavy (non-hydrogen) atoms. The number of likely N-dealkylation sites (tertiary alicyclic amines) is 1. The minimum atomic E-state index is -0.0456. The largest absolute Gasteiger partial charge is 0.357 e. The lowest BCUT2D eigenvalue weighted by Crippen LogP contribution is -2.31. The average Bonchev–Trinajstić information content (AvgIpc) is 3.35. The van der Waals surface area contributed by atoms with Gasteiger partial charge in [-0.15, -0.1) is 0 Å². The van der Waals surface area contributed by atoms with Crippen LogP contribution in [0.5, 0.6) is 0 Å². The molecule has 0 unspecified atom stereocenters. The first-order chi connectivity index (χ1) is 11.3. The van der Waals surface area contributed by atoms with Crippen LogP contribution in [0.25, 0.3) is 11.4 Å². The van der Waals surface area contributed by atoms with Crippen LogP contribution in [0.15, 0.2) is 48.7 Å². The van der Waals surface area contributed by atoms with Crippen molar-refractivity contribution in [3.63, 3.8) is 0 Å². The molecule has 2 N–H and O–H groups in total. The second-order valence-electron chi connectivity index (χ2n) is 5.65. The number of aromatic amines is 2. The summed E-state index contributed by atoms with van der Waals surface area (Å²) in [7, 11) is 0. The second kappa shape index (κ2) is 5.72. The molecule has 0 radical (unpaired) electrons. The zero-order chi connectivity index (χ0) is 15.6. The Balaban J connectivity index is 1.60. The molecular weight excluding hydrogens is 290 g/mol. The third-order valence-electron chi connectivity index (χ3n) is 4.19. The van der Waals surface area contributed by atoms with Crippen molar-refractivity contribution in [1.82, 2.24) is 25.1 Å². The molecule has 3 heterocycles. The average molecular weight is 307 g/mol. The van der Waals surface area contributed by atoms with Gasteiger partial charge in [-0.2, -0.15) is 5.10 Å². The van der Waals surface area contributed by atoms with Crippen LogP contribution in [-0.2, 0) is 0 Å². The number of benzene rings is 1. The molecule has 116 valence electrons. The Kier molecular flexibility index (Phi) is 3.42. The molecule has 2 aromatic heterocycles. The summed E-state index contributed by atoms with van der Waals surface area (Å²) in [5.74, 6) is 1.43. The van der Waals surface area contributed by atoms with Crippen LogP contribution < -0.4 is 0 Å². The SMILES string of the molecule is O=C(c1ccc[nH]1)N1CCC[C@H]1c1nc(-c2ccccc2)n[nH]1. The maximum atomic E-state index is 12.6. The number of hydrogen-bond donors (Lipinski definition) is 2. The number of hydrogen-bond acceptors (Lipinski definition) is 3. The lowest BCUT2D eigenvalue weighted by atomic mass is 10.2. The van der Waals surface area contributed by atoms with E-state index in [1.807, 2.05) is 41.3 Å². The highest BCUT2D eigenvalue weighted by atomic mass is 16.2. The normalized spacial score (nSPS) is 17.6. The first-order valence-corrected chi connectivity index (χ1v) is 7.75. The summed E-state index contributed by atoms with van der Waals surface area (Å²) < 4.78 is 0. The fraction of sp³-hybridized carbons (Fsp3) is 0.235. The predicted molar refractivity (Wildman–Crippen MR) is 85.6 cm³/mol. The van der Waals surface area contributed by atoms with Gasteiger partial charge in [0.25, 0.3) is 5.91 Å². The molecule has 1 aliphatic rings. The highest BCUT2D eigenvalue weighted by Gasteiger charge is 2.33. The van der Waals surface area contributed by atoms with E-state index in [4.69, 9.17) is 0 Å². The Hall–Kier alpha value is -2.89. The molecule has 1 aromatic carbocycles. The summed E-state index contributed by atoms with van der Waals surface area (Å²) in [5, 5.41) is 7.32. The third-order valence-corrected chi connectivity index (χ3v) is 4.19. The van der Waals surface area contributed by atoms with Crippen LogP contribution in [0, 0.1) is 0 Å². The highest BCUT2D eigenvalue weighted by molar-refractivity contribution is 5.92. The van der Waals surface area contributed by atoms with E-state index in [2.05, 4.69) is 20.2 Å². The number of amides is 1. The standard InChI is InChI=1S/C17H17N5O/c23-17(13-8-4-10-18-13)22-11-5-9-14(22)16-19-15(20-21-16)12-6-2-1-3-7-12/h1-4,6-8,10,14,18H,5,9,11H2,(H,19,20,21)/t14-/m0/s1. The smallest absolute Gasteiger partial charge is 0.270 e. The highest BCUT2D eigenvalue weighted by Crippen LogP contribution is 2.31. The van der Waals surface area contributed by atoms with Crippen molar-refractivity contribution < 1.29 is 4.79 Å². The molecule has 6 heteroatoms. The molecule has 0 spiro atoms. The van der Waals surface area contributed by atoms with E-state index in [0.29, 0.717) is 11.5 Å². The van der Waals surface area contributed by atoms with Gasteiger partial charge in [0.05, 0.1) is 6.04 Å². The van der Waals surface area contributed by atoms with Crippen LogP contribution in [0.2, 0.25) is 0 Å². The summed E-state index contributed by atoms with van der Waals surface area (Å²) in [6.07, 6.45) is 3.63. The Morgan fingerprint density at radius 1 is 1.17 bits per heavy atom. The third kappa shape index (κ3) is 2.52. The quantitative estimate of drug-likeness (QED) is 0.781. The minimum Gasteiger partial charge on any atom is -0.357 e. The Morgan fingerprint density at radius 3 is 2.83 bits per heavy atom. The van der Waals surface area contributed by atoms with Crippen LogP contribution in [0.3, 0.4) is 0 Å². The van der Waals surface area contributed by atoms with E-state index < -0.39 is 0 Å². The number of nitrogens with one attached hydrogen (secondary N) is 2. The molecule has 1 fully saturated rings. The van der Waals surface area contributed by atoms with Gasteiger partial charge in [-0.25, -0.2) is 4.98 Å². The van der Waals surface area contributed by atoms with E-state index in [-0.39, 0.29) is 11.9 Å². The molecule has 6 nitrogen and oxygen atoms in total. The van der Waals surface area contributed by atoms with E-state index in [1.54, 1.807) is 12.3 Å². The first kappa shape index (κ1) is 13.8. The van der Waals surface area contributed by atoms with Gasteiger partial charge in [-0.1, -0.05) is 30.3 Å². The van der Waals surface area contributed by atoms with Crippen molar-refractivity contribution in [3.8, 4) is 11.4 Å². The van der Waals surface area contributed by atoms with Gasteiger partial charge in [-0.3, -0.25) is 9.89 Å². The Bertz CT molecular complexity index is 794.